The zero-order valence-electron chi connectivity index (χ0n) is 28.5. The van der Waals surface area contributed by atoms with E-state index in [1.165, 1.54) is 31.4 Å². The lowest BCUT2D eigenvalue weighted by molar-refractivity contribution is 0.0227. The number of ether oxygens (including phenoxy) is 2. The molecule has 3 unspecified atom stereocenters. The van der Waals surface area contributed by atoms with Gasteiger partial charge in [-0.05, 0) is 75.2 Å². The lowest BCUT2D eigenvalue weighted by Gasteiger charge is -2.35. The molecule has 14 heteroatoms. The first-order valence-electron chi connectivity index (χ1n) is 17.7. The highest BCUT2D eigenvalue weighted by Crippen LogP contribution is 2.67. The summed E-state index contributed by atoms with van der Waals surface area (Å²) in [6, 6.07) is 5.71. The summed E-state index contributed by atoms with van der Waals surface area (Å²) in [6.45, 7) is 2.80. The summed E-state index contributed by atoms with van der Waals surface area (Å²) in [5.74, 6) is -2.18. The molecule has 0 radical (unpaired) electrons. The van der Waals surface area contributed by atoms with E-state index in [0.29, 0.717) is 43.9 Å². The van der Waals surface area contributed by atoms with Gasteiger partial charge in [0.05, 0.1) is 24.7 Å². The van der Waals surface area contributed by atoms with Gasteiger partial charge in [0.2, 0.25) is 5.88 Å². The topological polar surface area (TPSA) is 95.9 Å². The largest absolute Gasteiger partial charge is 0.508 e. The Hall–Kier alpha value is -4.48. The number of aromatic nitrogens is 3. The van der Waals surface area contributed by atoms with Crippen molar-refractivity contribution >= 4 is 27.5 Å². The summed E-state index contributed by atoms with van der Waals surface area (Å²) in [5, 5.41) is 15.1. The maximum atomic E-state index is 17.1. The number of hydrogen-bond donors (Lipinski definition) is 2. The van der Waals surface area contributed by atoms with Gasteiger partial charge in [0.15, 0.2) is 12.0 Å². The predicted molar refractivity (Wildman–Crippen MR) is 184 cm³/mol. The number of nitrogens with one attached hydrogen (secondary N) is 1. The van der Waals surface area contributed by atoms with Crippen LogP contribution in [0.5, 0.6) is 17.6 Å². The van der Waals surface area contributed by atoms with Crippen LogP contribution in [0.1, 0.15) is 44.1 Å². The van der Waals surface area contributed by atoms with Crippen LogP contribution in [-0.2, 0) is 0 Å². The summed E-state index contributed by atoms with van der Waals surface area (Å²) in [6.07, 6.45) is 7.54. The summed E-state index contributed by atoms with van der Waals surface area (Å²) < 4.78 is 86.1. The van der Waals surface area contributed by atoms with Crippen LogP contribution in [0.2, 0.25) is 0 Å². The molecule has 9 nitrogen and oxygen atoms in total. The molecule has 1 spiro atoms. The van der Waals surface area contributed by atoms with E-state index in [-0.39, 0.29) is 87.7 Å². The molecule has 3 saturated heterocycles. The first kappa shape index (κ1) is 33.4. The molecule has 2 aliphatic carbocycles. The SMILES string of the molecule is C#Cc1c(F)ccc2cc(O)cc(-c3nc(OC)c4c(N5CC6CCC(C5)N6)nc(OCC5(CN6CCC7(CC6)C(F)C7(F)F)CC5)nc4c3F)c12. The Kier molecular flexibility index (Phi) is 7.55. The first-order chi connectivity index (χ1) is 25.0. The number of aromatic hydroxyl groups is 1. The van der Waals surface area contributed by atoms with Gasteiger partial charge in [0.1, 0.15) is 34.0 Å². The van der Waals surface area contributed by atoms with Crippen LogP contribution in [0.4, 0.5) is 27.8 Å². The molecule has 2 saturated carbocycles. The highest BCUT2D eigenvalue weighted by Gasteiger charge is 2.81. The second-order valence-electron chi connectivity index (χ2n) is 15.2. The minimum Gasteiger partial charge on any atom is -0.508 e. The van der Waals surface area contributed by atoms with Gasteiger partial charge in [-0.25, -0.2) is 26.9 Å². The van der Waals surface area contributed by atoms with E-state index < -0.39 is 29.1 Å². The van der Waals surface area contributed by atoms with Gasteiger partial charge in [-0.1, -0.05) is 12.0 Å². The maximum Gasteiger partial charge on any atom is 0.319 e. The summed E-state index contributed by atoms with van der Waals surface area (Å²) in [5.41, 5.74) is -2.21. The number of anilines is 1. The van der Waals surface area contributed by atoms with Crippen molar-refractivity contribution in [2.24, 2.45) is 10.8 Å². The van der Waals surface area contributed by atoms with E-state index in [1.807, 2.05) is 0 Å². The fourth-order valence-electron chi connectivity index (χ4n) is 8.82. The number of fused-ring (bicyclic) bond motifs is 4. The van der Waals surface area contributed by atoms with E-state index in [9.17, 15) is 22.7 Å². The molecule has 2 aromatic heterocycles. The second kappa shape index (κ2) is 11.8. The van der Waals surface area contributed by atoms with E-state index in [0.717, 1.165) is 25.7 Å². The molecule has 272 valence electrons. The Labute approximate surface area is 296 Å². The number of piperazine rings is 1. The fourth-order valence-corrected chi connectivity index (χ4v) is 8.82. The molecule has 3 aliphatic heterocycles. The minimum atomic E-state index is -3.24. The van der Waals surface area contributed by atoms with Gasteiger partial charge < -0.3 is 29.7 Å². The van der Waals surface area contributed by atoms with Crippen molar-refractivity contribution in [1.82, 2.24) is 25.2 Å². The van der Waals surface area contributed by atoms with Crippen LogP contribution in [0, 0.1) is 34.8 Å². The number of piperidine rings is 1. The Morgan fingerprint density at radius 3 is 2.37 bits per heavy atom. The Morgan fingerprint density at radius 1 is 1.02 bits per heavy atom. The predicted octanol–water partition coefficient (Wildman–Crippen LogP) is 5.99. The van der Waals surface area contributed by atoms with Gasteiger partial charge in [-0.3, -0.25) is 0 Å². The summed E-state index contributed by atoms with van der Waals surface area (Å²) in [7, 11) is 1.41. The average Bonchev–Trinajstić information content (AvgIpc) is 3.94. The molecule has 2 aromatic carbocycles. The van der Waals surface area contributed by atoms with Gasteiger partial charge in [0, 0.05) is 48.1 Å². The van der Waals surface area contributed by atoms with Crippen LogP contribution in [0.15, 0.2) is 24.3 Å². The van der Waals surface area contributed by atoms with Crippen LogP contribution < -0.4 is 19.7 Å². The minimum absolute atomic E-state index is 0.0345. The van der Waals surface area contributed by atoms with E-state index >= 15 is 4.39 Å². The third-order valence-corrected chi connectivity index (χ3v) is 12.0. The van der Waals surface area contributed by atoms with Crippen molar-refractivity contribution in [2.45, 2.75) is 62.7 Å². The Morgan fingerprint density at radius 2 is 1.73 bits per heavy atom. The molecule has 52 heavy (non-hydrogen) atoms. The molecule has 3 atom stereocenters. The first-order valence-corrected chi connectivity index (χ1v) is 17.7. The fraction of sp³-hybridized carbons (Fsp3) is 0.500. The molecule has 9 rings (SSSR count). The van der Waals surface area contributed by atoms with Crippen molar-refractivity contribution in [3.8, 4) is 41.2 Å². The standard InChI is InChI=1S/C38H37F5N6O3/c1-3-24-26(39)7-4-20-14-23(50)15-25(27(20)24)30-29(40)31-28(33(45-30)51-2)32(49-16-21-5-6-22(17-49)44-21)47-35(46-31)52-19-36(8-9-36)18-48-12-10-37(11-13-48)34(41)38(37,42)43/h1,4,7,14-15,21-22,34,44,50H,5-6,8-13,16-19H2,2H3. The van der Waals surface area contributed by atoms with Gasteiger partial charge >= 0.3 is 6.01 Å². The number of phenols is 1. The highest BCUT2D eigenvalue weighted by atomic mass is 19.3. The molecule has 5 aliphatic rings. The highest BCUT2D eigenvalue weighted by molar-refractivity contribution is 6.04. The molecular weight excluding hydrogens is 683 g/mol. The van der Waals surface area contributed by atoms with Gasteiger partial charge in [-0.15, -0.1) is 6.42 Å². The van der Waals surface area contributed by atoms with E-state index in [1.54, 1.807) is 0 Å². The van der Waals surface area contributed by atoms with Crippen LogP contribution in [-0.4, -0.2) is 95.6 Å². The molecule has 4 aromatic rings. The van der Waals surface area contributed by atoms with Crippen LogP contribution in [0.3, 0.4) is 0 Å². The maximum absolute atomic E-state index is 17.1. The number of rotatable bonds is 8. The Balaban J connectivity index is 1.10. The zero-order valence-corrected chi connectivity index (χ0v) is 28.5. The number of benzene rings is 2. The third kappa shape index (κ3) is 5.14. The molecule has 2 N–H and O–H groups in total. The van der Waals surface area contributed by atoms with Crippen LogP contribution in [0.25, 0.3) is 32.9 Å². The van der Waals surface area contributed by atoms with Crippen molar-refractivity contribution in [1.29, 1.82) is 0 Å². The quantitative estimate of drug-likeness (QED) is 0.168. The monoisotopic (exact) mass is 720 g/mol. The van der Waals surface area contributed by atoms with Crippen LogP contribution >= 0.6 is 0 Å². The number of nitrogens with zero attached hydrogens (tertiary/aromatic N) is 5. The number of phenolic OH excluding ortho intramolecular Hbond substituents is 1. The summed E-state index contributed by atoms with van der Waals surface area (Å²) >= 11 is 0. The van der Waals surface area contributed by atoms with Gasteiger partial charge in [-0.2, -0.15) is 9.97 Å². The Bertz CT molecular complexity index is 2150. The number of halogens is 5. The molecule has 2 bridgehead atoms. The number of hydrogen-bond acceptors (Lipinski definition) is 9. The lowest BCUT2D eigenvalue weighted by atomic mass is 9.91. The van der Waals surface area contributed by atoms with Gasteiger partial charge in [0.25, 0.3) is 5.92 Å². The molecular formula is C38H37F5N6O3. The number of methoxy groups -OCH3 is 1. The number of likely N-dealkylation sites (tertiary alicyclic amines) is 1. The molecule has 0 amide bonds. The van der Waals surface area contributed by atoms with E-state index in [4.69, 9.17) is 20.9 Å². The molecule has 5 heterocycles. The number of terminal acetylenes is 1. The second-order valence-corrected chi connectivity index (χ2v) is 15.2. The average molecular weight is 721 g/mol. The van der Waals surface area contributed by atoms with Crippen molar-refractivity contribution in [3.05, 3.63) is 41.5 Å². The van der Waals surface area contributed by atoms with Crippen molar-refractivity contribution < 1.29 is 36.5 Å². The van der Waals surface area contributed by atoms with Crippen molar-refractivity contribution in [2.75, 3.05) is 51.3 Å². The number of alkyl halides is 3. The van der Waals surface area contributed by atoms with Crippen molar-refractivity contribution in [3.63, 3.8) is 0 Å². The number of pyridine rings is 1. The molecule has 5 fully saturated rings. The smallest absolute Gasteiger partial charge is 0.319 e. The lowest BCUT2D eigenvalue weighted by Crippen LogP contribution is -2.51. The third-order valence-electron chi connectivity index (χ3n) is 12.0. The summed E-state index contributed by atoms with van der Waals surface area (Å²) in [4.78, 5) is 18.2. The van der Waals surface area contributed by atoms with E-state index in [2.05, 4.69) is 31.0 Å². The normalized spacial score (nSPS) is 25.4. The zero-order chi connectivity index (χ0) is 36.2.